The van der Waals surface area contributed by atoms with Crippen LogP contribution in [0.5, 0.6) is 0 Å². The Morgan fingerprint density at radius 2 is 1.87 bits per heavy atom. The summed E-state index contributed by atoms with van der Waals surface area (Å²) in [6, 6.07) is 0. The zero-order chi connectivity index (χ0) is 11.3. The second kappa shape index (κ2) is 5.82. The third kappa shape index (κ3) is 3.96. The van der Waals surface area contributed by atoms with Crippen LogP contribution in [-0.4, -0.2) is 40.1 Å². The van der Waals surface area contributed by atoms with E-state index in [2.05, 4.69) is 0 Å². The Labute approximate surface area is 88.7 Å². The summed E-state index contributed by atoms with van der Waals surface area (Å²) in [4.78, 5) is 0. The van der Waals surface area contributed by atoms with Gasteiger partial charge in [-0.05, 0) is 0 Å². The van der Waals surface area contributed by atoms with Gasteiger partial charge in [-0.1, -0.05) is 0 Å². The van der Waals surface area contributed by atoms with Crippen LogP contribution in [0.3, 0.4) is 0 Å². The number of hydrogen-bond acceptors (Lipinski definition) is 4. The molecular weight excluding hydrogens is 196 g/mol. The maximum atomic E-state index is 9.32. The van der Waals surface area contributed by atoms with Crippen molar-refractivity contribution in [1.82, 2.24) is 4.57 Å². The Balaban J connectivity index is 2.49. The van der Waals surface area contributed by atoms with Crippen molar-refractivity contribution in [3.05, 3.63) is 18.7 Å². The number of nitrogens with two attached hydrogens (primary N) is 2. The summed E-state index contributed by atoms with van der Waals surface area (Å²) in [5.74, 6) is 0. The molecule has 0 amide bonds. The molecule has 1 aromatic heterocycles. The smallest absolute Gasteiger partial charge is 0.243 e. The summed E-state index contributed by atoms with van der Waals surface area (Å²) in [7, 11) is 0. The first kappa shape index (κ1) is 12.1. The number of rotatable bonds is 6. The van der Waals surface area contributed by atoms with Crippen LogP contribution in [-0.2, 0) is 13.1 Å². The predicted molar refractivity (Wildman–Crippen MR) is 54.7 cm³/mol. The van der Waals surface area contributed by atoms with Gasteiger partial charge in [-0.25, -0.2) is 9.13 Å². The number of imidazole rings is 1. The van der Waals surface area contributed by atoms with Crippen LogP contribution in [0.25, 0.3) is 0 Å². The molecule has 1 rings (SSSR count). The van der Waals surface area contributed by atoms with E-state index >= 15 is 0 Å². The van der Waals surface area contributed by atoms with Crippen molar-refractivity contribution in [1.29, 1.82) is 0 Å². The standard InChI is InChI=1S/C9H19N4O2/c10-3-8(14)5-12-1-2-13(7-12)6-9(15)4-11/h1-2,7-9,14-15H,3-6,10-11H2/q+1. The maximum absolute atomic E-state index is 9.32. The molecule has 2 unspecified atom stereocenters. The third-order valence-corrected chi connectivity index (χ3v) is 2.13. The molecule has 0 aromatic carbocycles. The predicted octanol–water partition coefficient (Wildman–Crippen LogP) is -2.59. The van der Waals surface area contributed by atoms with E-state index in [1.807, 2.05) is 21.5 Å². The van der Waals surface area contributed by atoms with E-state index in [4.69, 9.17) is 11.5 Å². The third-order valence-electron chi connectivity index (χ3n) is 2.13. The van der Waals surface area contributed by atoms with Crippen molar-refractivity contribution < 1.29 is 14.8 Å². The van der Waals surface area contributed by atoms with Crippen molar-refractivity contribution in [2.75, 3.05) is 13.1 Å². The van der Waals surface area contributed by atoms with E-state index in [1.54, 1.807) is 6.33 Å². The lowest BCUT2D eigenvalue weighted by Crippen LogP contribution is -2.41. The number of aromatic nitrogens is 2. The molecule has 6 heteroatoms. The molecule has 2 atom stereocenters. The first-order valence-electron chi connectivity index (χ1n) is 4.96. The lowest BCUT2D eigenvalue weighted by molar-refractivity contribution is -0.702. The summed E-state index contributed by atoms with van der Waals surface area (Å²) >= 11 is 0. The number of aliphatic hydroxyl groups is 2. The van der Waals surface area contributed by atoms with Gasteiger partial charge < -0.3 is 21.7 Å². The van der Waals surface area contributed by atoms with Gasteiger partial charge in [0.15, 0.2) is 0 Å². The molecule has 0 aliphatic carbocycles. The molecule has 6 N–H and O–H groups in total. The average molecular weight is 215 g/mol. The van der Waals surface area contributed by atoms with Gasteiger partial charge in [-0.2, -0.15) is 0 Å². The quantitative estimate of drug-likeness (QED) is 0.391. The minimum Gasteiger partial charge on any atom is -0.388 e. The van der Waals surface area contributed by atoms with Gasteiger partial charge in [0.2, 0.25) is 6.33 Å². The van der Waals surface area contributed by atoms with Crippen LogP contribution in [0.2, 0.25) is 0 Å². The van der Waals surface area contributed by atoms with Crippen molar-refractivity contribution in [2.24, 2.45) is 11.5 Å². The van der Waals surface area contributed by atoms with E-state index < -0.39 is 12.2 Å². The van der Waals surface area contributed by atoms with Gasteiger partial charge in [0.1, 0.15) is 37.7 Å². The molecule has 0 saturated heterocycles. The molecule has 6 nitrogen and oxygen atoms in total. The Kier molecular flexibility index (Phi) is 4.70. The fraction of sp³-hybridized carbons (Fsp3) is 0.667. The average Bonchev–Trinajstić information content (AvgIpc) is 2.65. The maximum Gasteiger partial charge on any atom is 0.243 e. The Hall–Kier alpha value is -0.950. The van der Waals surface area contributed by atoms with Crippen LogP contribution >= 0.6 is 0 Å². The van der Waals surface area contributed by atoms with Gasteiger partial charge in [-0.15, -0.1) is 0 Å². The van der Waals surface area contributed by atoms with Crippen molar-refractivity contribution in [3.63, 3.8) is 0 Å². The van der Waals surface area contributed by atoms with Gasteiger partial charge in [0.25, 0.3) is 0 Å². The summed E-state index contributed by atoms with van der Waals surface area (Å²) in [5.41, 5.74) is 10.6. The molecule has 86 valence electrons. The minimum atomic E-state index is -0.537. The zero-order valence-corrected chi connectivity index (χ0v) is 8.66. The highest BCUT2D eigenvalue weighted by Crippen LogP contribution is 1.90. The van der Waals surface area contributed by atoms with E-state index in [0.717, 1.165) is 0 Å². The van der Waals surface area contributed by atoms with E-state index in [-0.39, 0.29) is 13.1 Å². The SMILES string of the molecule is NCC(O)Cn1cc[n+](CC(O)CN)c1. The summed E-state index contributed by atoms with van der Waals surface area (Å²) in [5, 5.41) is 18.6. The molecule has 0 bridgehead atoms. The zero-order valence-electron chi connectivity index (χ0n) is 8.66. The van der Waals surface area contributed by atoms with Crippen molar-refractivity contribution in [3.8, 4) is 0 Å². The number of aliphatic hydroxyl groups excluding tert-OH is 2. The molecule has 0 saturated carbocycles. The molecule has 1 heterocycles. The van der Waals surface area contributed by atoms with Crippen molar-refractivity contribution >= 4 is 0 Å². The van der Waals surface area contributed by atoms with Crippen molar-refractivity contribution in [2.45, 2.75) is 25.3 Å². The fourth-order valence-electron chi connectivity index (χ4n) is 1.29. The Morgan fingerprint density at radius 3 is 2.47 bits per heavy atom. The van der Waals surface area contributed by atoms with Gasteiger partial charge in [-0.3, -0.25) is 0 Å². The number of nitrogens with zero attached hydrogens (tertiary/aromatic N) is 2. The van der Waals surface area contributed by atoms with Gasteiger partial charge in [0, 0.05) is 13.1 Å². The topological polar surface area (TPSA) is 101 Å². The lowest BCUT2D eigenvalue weighted by atomic mass is 10.3. The number of hydrogen-bond donors (Lipinski definition) is 4. The van der Waals surface area contributed by atoms with Crippen LogP contribution in [0.4, 0.5) is 0 Å². The largest absolute Gasteiger partial charge is 0.388 e. The normalized spacial score (nSPS) is 15.2. The Bertz CT molecular complexity index is 263. The molecule has 0 radical (unpaired) electrons. The second-order valence-corrected chi connectivity index (χ2v) is 3.59. The Morgan fingerprint density at radius 1 is 1.20 bits per heavy atom. The van der Waals surface area contributed by atoms with E-state index in [9.17, 15) is 10.2 Å². The van der Waals surface area contributed by atoms with Gasteiger partial charge in [0.05, 0.1) is 0 Å². The second-order valence-electron chi connectivity index (χ2n) is 3.59. The van der Waals surface area contributed by atoms with Crippen LogP contribution in [0, 0.1) is 0 Å². The molecule has 15 heavy (non-hydrogen) atoms. The highest BCUT2D eigenvalue weighted by Gasteiger charge is 2.11. The van der Waals surface area contributed by atoms with E-state index in [0.29, 0.717) is 13.1 Å². The monoisotopic (exact) mass is 215 g/mol. The van der Waals surface area contributed by atoms with Crippen LogP contribution in [0.1, 0.15) is 0 Å². The first-order chi connectivity index (χ1) is 7.15. The van der Waals surface area contributed by atoms with Gasteiger partial charge >= 0.3 is 0 Å². The molecule has 0 aliphatic rings. The fourth-order valence-corrected chi connectivity index (χ4v) is 1.29. The summed E-state index contributed by atoms with van der Waals surface area (Å²) in [6.45, 7) is 1.40. The summed E-state index contributed by atoms with van der Waals surface area (Å²) in [6.07, 6.45) is 4.37. The molecule has 1 aromatic rings. The summed E-state index contributed by atoms with van der Waals surface area (Å²) < 4.78 is 3.64. The highest BCUT2D eigenvalue weighted by atomic mass is 16.3. The molecule has 0 spiro atoms. The molecular formula is C9H19N4O2+. The van der Waals surface area contributed by atoms with E-state index in [1.165, 1.54) is 0 Å². The molecule has 0 fully saturated rings. The first-order valence-corrected chi connectivity index (χ1v) is 4.96. The highest BCUT2D eigenvalue weighted by molar-refractivity contribution is 4.69. The minimum absolute atomic E-state index is 0.240. The lowest BCUT2D eigenvalue weighted by Gasteiger charge is -2.04. The van der Waals surface area contributed by atoms with Crippen LogP contribution in [0.15, 0.2) is 18.7 Å². The van der Waals surface area contributed by atoms with Crippen LogP contribution < -0.4 is 16.0 Å². The molecule has 0 aliphatic heterocycles.